The van der Waals surface area contributed by atoms with Crippen LogP contribution in [0.4, 0.5) is 13.2 Å². The SMILES string of the molecule is Cc1nc2c(Cl)cc(F)c(-c3nn(C)c(OC(F)F)c3Br)c2s1. The third-order valence-electron chi connectivity index (χ3n) is 3.06. The van der Waals surface area contributed by atoms with Gasteiger partial charge in [0, 0.05) is 7.05 Å². The summed E-state index contributed by atoms with van der Waals surface area (Å²) in [4.78, 5) is 4.27. The fraction of sp³-hybridized carbons (Fsp3) is 0.231. The van der Waals surface area contributed by atoms with E-state index in [0.29, 0.717) is 15.2 Å². The molecule has 0 aliphatic carbocycles. The maximum atomic E-state index is 14.5. The number of nitrogens with zero attached hydrogens (tertiary/aromatic N) is 3. The highest BCUT2D eigenvalue weighted by Gasteiger charge is 2.25. The first-order valence-electron chi connectivity index (χ1n) is 6.22. The normalized spacial score (nSPS) is 11.7. The van der Waals surface area contributed by atoms with E-state index in [1.165, 1.54) is 18.4 Å². The Labute approximate surface area is 146 Å². The van der Waals surface area contributed by atoms with E-state index in [4.69, 9.17) is 11.6 Å². The van der Waals surface area contributed by atoms with Crippen LogP contribution in [0.2, 0.25) is 5.02 Å². The van der Waals surface area contributed by atoms with Gasteiger partial charge in [-0.25, -0.2) is 14.1 Å². The quantitative estimate of drug-likeness (QED) is 0.581. The molecule has 0 amide bonds. The summed E-state index contributed by atoms with van der Waals surface area (Å²) in [6.45, 7) is -1.25. The lowest BCUT2D eigenvalue weighted by molar-refractivity contribution is -0.0558. The van der Waals surface area contributed by atoms with Crippen molar-refractivity contribution < 1.29 is 17.9 Å². The van der Waals surface area contributed by atoms with Gasteiger partial charge in [-0.1, -0.05) is 11.6 Å². The van der Waals surface area contributed by atoms with Crippen molar-refractivity contribution in [1.82, 2.24) is 14.8 Å². The van der Waals surface area contributed by atoms with Crippen molar-refractivity contribution >= 4 is 49.1 Å². The third kappa shape index (κ3) is 2.81. The van der Waals surface area contributed by atoms with E-state index in [9.17, 15) is 13.2 Å². The minimum Gasteiger partial charge on any atom is -0.416 e. The molecule has 0 unspecified atom stereocenters. The van der Waals surface area contributed by atoms with Gasteiger partial charge in [0.25, 0.3) is 0 Å². The van der Waals surface area contributed by atoms with E-state index in [2.05, 4.69) is 30.7 Å². The number of benzene rings is 1. The molecule has 0 saturated heterocycles. The molecule has 0 atom stereocenters. The van der Waals surface area contributed by atoms with Crippen LogP contribution >= 0.6 is 38.9 Å². The second kappa shape index (κ2) is 5.95. The highest BCUT2D eigenvalue weighted by atomic mass is 79.9. The first-order chi connectivity index (χ1) is 10.8. The van der Waals surface area contributed by atoms with Gasteiger partial charge in [-0.05, 0) is 28.9 Å². The summed E-state index contributed by atoms with van der Waals surface area (Å²) in [6.07, 6.45) is 0. The molecular formula is C13H8BrClF3N3OS. The number of hydrogen-bond donors (Lipinski definition) is 0. The number of rotatable bonds is 3. The summed E-state index contributed by atoms with van der Waals surface area (Å²) in [5.41, 5.74) is 0.729. The van der Waals surface area contributed by atoms with Crippen LogP contribution in [0.25, 0.3) is 21.5 Å². The average Bonchev–Trinajstić information content (AvgIpc) is 2.95. The van der Waals surface area contributed by atoms with E-state index in [0.717, 1.165) is 10.7 Å². The van der Waals surface area contributed by atoms with Gasteiger partial charge >= 0.3 is 6.61 Å². The molecule has 10 heteroatoms. The van der Waals surface area contributed by atoms with Gasteiger partial charge in [-0.3, -0.25) is 0 Å². The van der Waals surface area contributed by atoms with E-state index < -0.39 is 12.4 Å². The van der Waals surface area contributed by atoms with Crippen molar-refractivity contribution in [3.05, 3.63) is 26.4 Å². The largest absolute Gasteiger partial charge is 0.416 e. The molecule has 0 bridgehead atoms. The number of aromatic nitrogens is 3. The first-order valence-corrected chi connectivity index (χ1v) is 8.21. The van der Waals surface area contributed by atoms with Gasteiger partial charge in [0.2, 0.25) is 5.88 Å². The monoisotopic (exact) mass is 425 g/mol. The van der Waals surface area contributed by atoms with Gasteiger partial charge in [0.15, 0.2) is 0 Å². The molecule has 3 rings (SSSR count). The number of halogens is 5. The molecule has 2 heterocycles. The van der Waals surface area contributed by atoms with Gasteiger partial charge < -0.3 is 4.74 Å². The average molecular weight is 427 g/mol. The molecule has 4 nitrogen and oxygen atoms in total. The molecular weight excluding hydrogens is 419 g/mol. The molecule has 2 aromatic heterocycles. The van der Waals surface area contributed by atoms with Crippen molar-refractivity contribution in [3.63, 3.8) is 0 Å². The molecule has 23 heavy (non-hydrogen) atoms. The molecule has 3 aromatic rings. The third-order valence-corrected chi connectivity index (χ3v) is 5.05. The zero-order chi connectivity index (χ0) is 16.9. The molecule has 0 fully saturated rings. The first kappa shape index (κ1) is 16.5. The van der Waals surface area contributed by atoms with Crippen LogP contribution < -0.4 is 4.74 Å². The molecule has 1 aromatic carbocycles. The fourth-order valence-corrected chi connectivity index (χ4v) is 4.09. The Balaban J connectivity index is 2.29. The lowest BCUT2D eigenvalue weighted by Crippen LogP contribution is -2.06. The smallest absolute Gasteiger partial charge is 0.388 e. The van der Waals surface area contributed by atoms with Crippen LogP contribution in [0, 0.1) is 12.7 Å². The van der Waals surface area contributed by atoms with Crippen molar-refractivity contribution in [3.8, 4) is 17.1 Å². The minimum absolute atomic E-state index is 0.133. The Morgan fingerprint density at radius 1 is 1.43 bits per heavy atom. The zero-order valence-electron chi connectivity index (χ0n) is 11.7. The summed E-state index contributed by atoms with van der Waals surface area (Å²) >= 11 is 10.4. The van der Waals surface area contributed by atoms with Gasteiger partial charge in [-0.2, -0.15) is 13.9 Å². The zero-order valence-corrected chi connectivity index (χ0v) is 14.9. The van der Waals surface area contributed by atoms with E-state index in [1.807, 2.05) is 0 Å². The van der Waals surface area contributed by atoms with Crippen LogP contribution in [0.1, 0.15) is 5.01 Å². The molecule has 122 valence electrons. The Morgan fingerprint density at radius 2 is 2.13 bits per heavy atom. The van der Waals surface area contributed by atoms with Crippen LogP contribution in [0.15, 0.2) is 10.5 Å². The second-order valence-electron chi connectivity index (χ2n) is 4.60. The summed E-state index contributed by atoms with van der Waals surface area (Å²) in [5, 5.41) is 4.97. The Morgan fingerprint density at radius 3 is 2.78 bits per heavy atom. The van der Waals surface area contributed by atoms with E-state index in [-0.39, 0.29) is 26.6 Å². The fourth-order valence-electron chi connectivity index (χ4n) is 2.19. The summed E-state index contributed by atoms with van der Waals surface area (Å²) in [6, 6.07) is 1.13. The maximum Gasteiger partial charge on any atom is 0.388 e. The lowest BCUT2D eigenvalue weighted by Gasteiger charge is -2.05. The topological polar surface area (TPSA) is 39.9 Å². The summed E-state index contributed by atoms with van der Waals surface area (Å²) in [5.74, 6) is -0.813. The van der Waals surface area contributed by atoms with E-state index in [1.54, 1.807) is 6.92 Å². The van der Waals surface area contributed by atoms with Crippen LogP contribution in [-0.2, 0) is 7.05 Å². The van der Waals surface area contributed by atoms with Gasteiger partial charge in [0.1, 0.15) is 21.5 Å². The van der Waals surface area contributed by atoms with Gasteiger partial charge in [0.05, 0.1) is 20.3 Å². The van der Waals surface area contributed by atoms with Crippen molar-refractivity contribution in [2.75, 3.05) is 0 Å². The maximum absolute atomic E-state index is 14.5. The minimum atomic E-state index is -3.02. The van der Waals surface area contributed by atoms with Crippen molar-refractivity contribution in [2.45, 2.75) is 13.5 Å². The standard InChI is InChI=1S/C13H8BrClF3N3OS/c1-4-19-9-5(15)3-6(16)7(11(9)23-4)10-8(14)12(21(2)20-10)22-13(17)18/h3,13H,1-2H3. The number of alkyl halides is 2. The molecule has 0 saturated carbocycles. The highest BCUT2D eigenvalue weighted by Crippen LogP contribution is 2.43. The Hall–Kier alpha value is -1.32. The Kier molecular flexibility index (Phi) is 4.28. The lowest BCUT2D eigenvalue weighted by atomic mass is 10.1. The van der Waals surface area contributed by atoms with Crippen molar-refractivity contribution in [2.24, 2.45) is 7.05 Å². The number of ether oxygens (including phenoxy) is 1. The predicted octanol–water partition coefficient (Wildman–Crippen LogP) is 5.16. The van der Waals surface area contributed by atoms with Crippen molar-refractivity contribution in [1.29, 1.82) is 0 Å². The molecule has 0 N–H and O–H groups in total. The van der Waals surface area contributed by atoms with E-state index >= 15 is 0 Å². The molecule has 0 aliphatic heterocycles. The number of aryl methyl sites for hydroxylation is 2. The predicted molar refractivity (Wildman–Crippen MR) is 85.9 cm³/mol. The molecule has 0 radical (unpaired) electrons. The summed E-state index contributed by atoms with van der Waals surface area (Å²) < 4.78 is 45.6. The molecule has 0 spiro atoms. The highest BCUT2D eigenvalue weighted by molar-refractivity contribution is 9.10. The van der Waals surface area contributed by atoms with Crippen LogP contribution in [-0.4, -0.2) is 21.4 Å². The number of thiazole rings is 1. The van der Waals surface area contributed by atoms with Gasteiger partial charge in [-0.15, -0.1) is 11.3 Å². The van der Waals surface area contributed by atoms with Crippen LogP contribution in [0.3, 0.4) is 0 Å². The summed E-state index contributed by atoms with van der Waals surface area (Å²) in [7, 11) is 1.43. The Bertz CT molecular complexity index is 912. The molecule has 0 aliphatic rings. The second-order valence-corrected chi connectivity index (χ2v) is 7.00. The number of hydrogen-bond acceptors (Lipinski definition) is 4. The van der Waals surface area contributed by atoms with Crippen LogP contribution in [0.5, 0.6) is 5.88 Å². The number of fused-ring (bicyclic) bond motifs is 1.